The van der Waals surface area contributed by atoms with Crippen LogP contribution in [0.4, 0.5) is 5.82 Å². The summed E-state index contributed by atoms with van der Waals surface area (Å²) in [5.41, 5.74) is 1.32. The third-order valence-electron chi connectivity index (χ3n) is 3.82. The number of aromatic nitrogens is 1. The lowest BCUT2D eigenvalue weighted by atomic mass is 9.85. The lowest BCUT2D eigenvalue weighted by Crippen LogP contribution is -2.34. The van der Waals surface area contributed by atoms with Crippen LogP contribution in [0, 0.1) is 5.92 Å². The summed E-state index contributed by atoms with van der Waals surface area (Å²) >= 11 is 0. The molecule has 3 heteroatoms. The van der Waals surface area contributed by atoms with Gasteiger partial charge in [-0.15, -0.1) is 0 Å². The smallest absolute Gasteiger partial charge is 0.133 e. The van der Waals surface area contributed by atoms with E-state index in [1.165, 1.54) is 37.2 Å². The first-order valence-corrected chi connectivity index (χ1v) is 7.24. The van der Waals surface area contributed by atoms with Crippen molar-refractivity contribution in [3.8, 4) is 0 Å². The predicted octanol–water partition coefficient (Wildman–Crippen LogP) is 2.82. The summed E-state index contributed by atoms with van der Waals surface area (Å²) in [5, 5.41) is 3.40. The molecule has 1 heterocycles. The first-order valence-electron chi connectivity index (χ1n) is 7.24. The molecule has 3 nitrogen and oxygen atoms in total. The van der Waals surface area contributed by atoms with Crippen molar-refractivity contribution < 1.29 is 0 Å². The van der Waals surface area contributed by atoms with Gasteiger partial charge in [-0.1, -0.05) is 19.4 Å². The first-order chi connectivity index (χ1) is 8.85. The largest absolute Gasteiger partial charge is 0.356 e. The summed E-state index contributed by atoms with van der Waals surface area (Å²) in [6.07, 6.45) is 6.11. The summed E-state index contributed by atoms with van der Waals surface area (Å²) in [4.78, 5) is 7.04. The summed E-state index contributed by atoms with van der Waals surface area (Å²) in [7, 11) is 0. The number of anilines is 1. The van der Waals surface area contributed by atoms with Gasteiger partial charge in [0.2, 0.25) is 0 Å². The molecule has 0 atom stereocenters. The Hall–Kier alpha value is -1.09. The Balaban J connectivity index is 2.07. The molecule has 1 fully saturated rings. The molecule has 0 unspecified atom stereocenters. The van der Waals surface area contributed by atoms with Gasteiger partial charge in [-0.05, 0) is 38.3 Å². The molecule has 1 aromatic heterocycles. The van der Waals surface area contributed by atoms with E-state index in [-0.39, 0.29) is 0 Å². The molecule has 0 saturated heterocycles. The molecule has 0 amide bonds. The Bertz CT molecular complexity index is 361. The number of pyridine rings is 1. The standard InChI is InChI=1S/C15H25N3/c1-3-16-11-14-9-6-10-17-15(14)18(4-2)12-13-7-5-8-13/h6,9-10,13,16H,3-5,7-8,11-12H2,1-2H3. The second kappa shape index (κ2) is 6.74. The van der Waals surface area contributed by atoms with Crippen LogP contribution >= 0.6 is 0 Å². The minimum atomic E-state index is 0.888. The Labute approximate surface area is 111 Å². The number of hydrogen-bond acceptors (Lipinski definition) is 3. The first kappa shape index (κ1) is 13.3. The van der Waals surface area contributed by atoms with Gasteiger partial charge in [0.25, 0.3) is 0 Å². The highest BCUT2D eigenvalue weighted by Gasteiger charge is 2.21. The molecular formula is C15H25N3. The zero-order valence-electron chi connectivity index (χ0n) is 11.7. The topological polar surface area (TPSA) is 28.2 Å². The number of nitrogens with one attached hydrogen (secondary N) is 1. The fraction of sp³-hybridized carbons (Fsp3) is 0.667. The van der Waals surface area contributed by atoms with E-state index in [1.807, 2.05) is 12.3 Å². The fourth-order valence-corrected chi connectivity index (χ4v) is 2.47. The van der Waals surface area contributed by atoms with E-state index in [2.05, 4.69) is 35.1 Å². The summed E-state index contributed by atoms with van der Waals surface area (Å²) in [6.45, 7) is 8.51. The van der Waals surface area contributed by atoms with E-state index in [1.54, 1.807) is 0 Å². The van der Waals surface area contributed by atoms with E-state index in [4.69, 9.17) is 0 Å². The Kier molecular flexibility index (Phi) is 5.00. The zero-order chi connectivity index (χ0) is 12.8. The van der Waals surface area contributed by atoms with Gasteiger partial charge in [0.1, 0.15) is 5.82 Å². The monoisotopic (exact) mass is 247 g/mol. The molecule has 0 aromatic carbocycles. The fourth-order valence-electron chi connectivity index (χ4n) is 2.47. The third-order valence-corrected chi connectivity index (χ3v) is 3.82. The maximum atomic E-state index is 4.60. The molecule has 1 aromatic rings. The van der Waals surface area contributed by atoms with Crippen molar-refractivity contribution in [1.82, 2.24) is 10.3 Å². The average molecular weight is 247 g/mol. The van der Waals surface area contributed by atoms with Crippen molar-refractivity contribution in [2.24, 2.45) is 5.92 Å². The van der Waals surface area contributed by atoms with Gasteiger partial charge in [0.05, 0.1) is 0 Å². The van der Waals surface area contributed by atoms with Crippen molar-refractivity contribution in [1.29, 1.82) is 0 Å². The minimum absolute atomic E-state index is 0.888. The van der Waals surface area contributed by atoms with Crippen LogP contribution in [0.2, 0.25) is 0 Å². The van der Waals surface area contributed by atoms with Gasteiger partial charge in [-0.2, -0.15) is 0 Å². The highest BCUT2D eigenvalue weighted by molar-refractivity contribution is 5.46. The minimum Gasteiger partial charge on any atom is -0.356 e. The highest BCUT2D eigenvalue weighted by atomic mass is 15.2. The molecule has 1 saturated carbocycles. The molecule has 2 rings (SSSR count). The van der Waals surface area contributed by atoms with E-state index in [0.717, 1.165) is 25.6 Å². The van der Waals surface area contributed by atoms with E-state index in [9.17, 15) is 0 Å². The van der Waals surface area contributed by atoms with Crippen LogP contribution in [0.3, 0.4) is 0 Å². The van der Waals surface area contributed by atoms with Crippen molar-refractivity contribution in [3.63, 3.8) is 0 Å². The Morgan fingerprint density at radius 2 is 2.22 bits per heavy atom. The molecule has 0 spiro atoms. The summed E-state index contributed by atoms with van der Waals surface area (Å²) in [6, 6.07) is 4.22. The van der Waals surface area contributed by atoms with Gasteiger partial charge in [0.15, 0.2) is 0 Å². The van der Waals surface area contributed by atoms with Gasteiger partial charge in [-0.3, -0.25) is 0 Å². The molecule has 1 N–H and O–H groups in total. The average Bonchev–Trinajstić information content (AvgIpc) is 2.36. The maximum Gasteiger partial charge on any atom is 0.133 e. The highest BCUT2D eigenvalue weighted by Crippen LogP contribution is 2.29. The van der Waals surface area contributed by atoms with Gasteiger partial charge >= 0.3 is 0 Å². The van der Waals surface area contributed by atoms with Gasteiger partial charge in [-0.25, -0.2) is 4.98 Å². The van der Waals surface area contributed by atoms with Crippen LogP contribution in [0.25, 0.3) is 0 Å². The number of rotatable bonds is 7. The molecule has 0 radical (unpaired) electrons. The maximum absolute atomic E-state index is 4.60. The van der Waals surface area contributed by atoms with Crippen LogP contribution < -0.4 is 10.2 Å². The molecule has 100 valence electrons. The summed E-state index contributed by atoms with van der Waals surface area (Å²) < 4.78 is 0. The van der Waals surface area contributed by atoms with Gasteiger partial charge in [0, 0.05) is 31.4 Å². The van der Waals surface area contributed by atoms with E-state index < -0.39 is 0 Å². The molecule has 18 heavy (non-hydrogen) atoms. The van der Waals surface area contributed by atoms with E-state index >= 15 is 0 Å². The van der Waals surface area contributed by atoms with Crippen LogP contribution in [0.5, 0.6) is 0 Å². The summed E-state index contributed by atoms with van der Waals surface area (Å²) in [5.74, 6) is 2.06. The molecule has 0 bridgehead atoms. The van der Waals surface area contributed by atoms with Gasteiger partial charge < -0.3 is 10.2 Å². The van der Waals surface area contributed by atoms with Crippen molar-refractivity contribution in [2.75, 3.05) is 24.5 Å². The van der Waals surface area contributed by atoms with Crippen LogP contribution in [-0.4, -0.2) is 24.6 Å². The molecule has 1 aliphatic carbocycles. The molecular weight excluding hydrogens is 222 g/mol. The number of hydrogen-bond donors (Lipinski definition) is 1. The lowest BCUT2D eigenvalue weighted by molar-refractivity contribution is 0.318. The molecule has 1 aliphatic rings. The Morgan fingerprint density at radius 3 is 2.83 bits per heavy atom. The van der Waals surface area contributed by atoms with Crippen LogP contribution in [-0.2, 0) is 6.54 Å². The van der Waals surface area contributed by atoms with E-state index in [0.29, 0.717) is 0 Å². The second-order valence-corrected chi connectivity index (χ2v) is 5.10. The van der Waals surface area contributed by atoms with Crippen LogP contribution in [0.1, 0.15) is 38.7 Å². The lowest BCUT2D eigenvalue weighted by Gasteiger charge is -2.33. The predicted molar refractivity (Wildman–Crippen MR) is 76.8 cm³/mol. The quantitative estimate of drug-likeness (QED) is 0.803. The second-order valence-electron chi connectivity index (χ2n) is 5.10. The van der Waals surface area contributed by atoms with Crippen molar-refractivity contribution >= 4 is 5.82 Å². The van der Waals surface area contributed by atoms with Crippen molar-refractivity contribution in [2.45, 2.75) is 39.7 Å². The normalized spacial score (nSPS) is 15.4. The third kappa shape index (κ3) is 3.22. The SMILES string of the molecule is CCNCc1cccnc1N(CC)CC1CCC1. The van der Waals surface area contributed by atoms with Crippen molar-refractivity contribution in [3.05, 3.63) is 23.9 Å². The van der Waals surface area contributed by atoms with Crippen LogP contribution in [0.15, 0.2) is 18.3 Å². The number of nitrogens with zero attached hydrogens (tertiary/aromatic N) is 2. The Morgan fingerprint density at radius 1 is 1.39 bits per heavy atom. The molecule has 0 aliphatic heterocycles. The zero-order valence-corrected chi connectivity index (χ0v) is 11.7.